The number of imide groups is 1. The van der Waals surface area contributed by atoms with E-state index in [4.69, 9.17) is 16.3 Å². The number of sulfonamides is 1. The molecule has 6 heterocycles. The van der Waals surface area contributed by atoms with E-state index in [1.54, 1.807) is 31.4 Å². The molecule has 4 amide bonds. The third-order valence-corrected chi connectivity index (χ3v) is 14.9. The van der Waals surface area contributed by atoms with Crippen LogP contribution in [0.25, 0.3) is 11.0 Å². The second-order valence-corrected chi connectivity index (χ2v) is 19.9. The number of hydrogen-bond donors (Lipinski definition) is 4. The van der Waals surface area contributed by atoms with Crippen molar-refractivity contribution in [2.24, 2.45) is 0 Å². The lowest BCUT2D eigenvalue weighted by Crippen LogP contribution is -2.55. The summed E-state index contributed by atoms with van der Waals surface area (Å²) in [5, 5.41) is 12.3. The van der Waals surface area contributed by atoms with Gasteiger partial charge < -0.3 is 35.4 Å². The lowest BCUT2D eigenvalue weighted by molar-refractivity contribution is -0.137. The normalized spacial score (nSPS) is 18.0. The smallest absolute Gasteiger partial charge is 0.255 e. The van der Waals surface area contributed by atoms with Crippen molar-refractivity contribution in [1.29, 1.82) is 0 Å². The molecule has 3 fully saturated rings. The molecule has 69 heavy (non-hydrogen) atoms. The fourth-order valence-corrected chi connectivity index (χ4v) is 10.3. The van der Waals surface area contributed by atoms with Crippen LogP contribution in [-0.2, 0) is 37.4 Å². The Morgan fingerprint density at radius 3 is 2.43 bits per heavy atom. The molecular formula is C47H54ClN13O7S. The average molecular weight is 981 g/mol. The van der Waals surface area contributed by atoms with Gasteiger partial charge in [0, 0.05) is 106 Å². The topological polar surface area (TPSA) is 228 Å². The molecule has 0 bridgehead atoms. The van der Waals surface area contributed by atoms with Gasteiger partial charge in [-0.25, -0.2) is 13.4 Å². The van der Waals surface area contributed by atoms with Gasteiger partial charge in [0.25, 0.3) is 5.91 Å². The molecule has 362 valence electrons. The van der Waals surface area contributed by atoms with Crippen molar-refractivity contribution in [3.8, 4) is 5.75 Å². The van der Waals surface area contributed by atoms with Crippen molar-refractivity contribution >= 4 is 96.5 Å². The Kier molecular flexibility index (Phi) is 13.4. The molecule has 5 aromatic rings. The summed E-state index contributed by atoms with van der Waals surface area (Å²) in [5.41, 5.74) is 6.42. The zero-order valence-corrected chi connectivity index (χ0v) is 40.4. The minimum atomic E-state index is -3.68. The Balaban J connectivity index is 0.798. The van der Waals surface area contributed by atoms with Crippen molar-refractivity contribution in [3.05, 3.63) is 82.8 Å². The van der Waals surface area contributed by atoms with E-state index in [-0.39, 0.29) is 60.4 Å². The molecule has 4 N–H and O–H groups in total. The highest BCUT2D eigenvalue weighted by Gasteiger charge is 2.40. The molecule has 0 aliphatic carbocycles. The molecule has 2 aromatic heterocycles. The Morgan fingerprint density at radius 1 is 0.942 bits per heavy atom. The van der Waals surface area contributed by atoms with Crippen molar-refractivity contribution in [2.45, 2.75) is 57.7 Å². The Labute approximate surface area is 404 Å². The van der Waals surface area contributed by atoms with E-state index in [9.17, 15) is 27.6 Å². The van der Waals surface area contributed by atoms with Crippen LogP contribution in [0, 0.1) is 0 Å². The number of piperazine rings is 1. The number of nitrogens with zero attached hydrogens (tertiary/aromatic N) is 9. The molecule has 3 aromatic carbocycles. The number of halogens is 1. The van der Waals surface area contributed by atoms with Crippen LogP contribution in [0.4, 0.5) is 40.2 Å². The number of carbonyl (C=O) groups is 4. The molecular weight excluding hydrogens is 926 g/mol. The number of nitrogens with one attached hydrogen (secondary N) is 4. The maximum Gasteiger partial charge on any atom is 0.255 e. The Hall–Kier alpha value is -6.84. The van der Waals surface area contributed by atoms with Crippen LogP contribution in [0.3, 0.4) is 0 Å². The first kappa shape index (κ1) is 47.2. The van der Waals surface area contributed by atoms with Crippen LogP contribution in [0.2, 0.25) is 5.02 Å². The number of rotatable bonds is 14. The van der Waals surface area contributed by atoms with Crippen molar-refractivity contribution < 1.29 is 32.3 Å². The number of methoxy groups -OCH3 is 1. The quantitative estimate of drug-likeness (QED) is 0.112. The van der Waals surface area contributed by atoms with Crippen LogP contribution < -0.4 is 35.2 Å². The second-order valence-electron chi connectivity index (χ2n) is 17.5. The summed E-state index contributed by atoms with van der Waals surface area (Å²) in [5.74, 6) is 0.0353. The first-order valence-corrected chi connectivity index (χ1v) is 25.2. The zero-order valence-electron chi connectivity index (χ0n) is 38.8. The van der Waals surface area contributed by atoms with Gasteiger partial charge in [0.05, 0.1) is 43.0 Å². The Morgan fingerprint density at radius 2 is 1.71 bits per heavy atom. The molecule has 22 heteroatoms. The summed E-state index contributed by atoms with van der Waals surface area (Å²) < 4.78 is 32.5. The molecule has 0 spiro atoms. The predicted molar refractivity (Wildman–Crippen MR) is 263 cm³/mol. The second kappa shape index (κ2) is 19.6. The number of carbonyl (C=O) groups excluding carboxylic acids is 4. The summed E-state index contributed by atoms with van der Waals surface area (Å²) in [6.45, 7) is 6.94. The van der Waals surface area contributed by atoms with Crippen LogP contribution in [0.1, 0.15) is 54.1 Å². The highest BCUT2D eigenvalue weighted by molar-refractivity contribution is 7.92. The lowest BCUT2D eigenvalue weighted by atomic mass is 9.99. The van der Waals surface area contributed by atoms with Gasteiger partial charge in [-0.15, -0.1) is 0 Å². The van der Waals surface area contributed by atoms with Gasteiger partial charge in [-0.05, 0) is 61.6 Å². The first-order chi connectivity index (χ1) is 33.2. The van der Waals surface area contributed by atoms with E-state index in [0.717, 1.165) is 72.8 Å². The highest BCUT2D eigenvalue weighted by atomic mass is 35.5. The highest BCUT2D eigenvalue weighted by Crippen LogP contribution is 2.39. The van der Waals surface area contributed by atoms with E-state index in [0.29, 0.717) is 64.2 Å². The van der Waals surface area contributed by atoms with Gasteiger partial charge in [-0.2, -0.15) is 4.98 Å². The van der Waals surface area contributed by atoms with Crippen LogP contribution in [0.5, 0.6) is 5.75 Å². The number of anilines is 7. The summed E-state index contributed by atoms with van der Waals surface area (Å²) >= 11 is 6.61. The maximum absolute atomic E-state index is 13.5. The number of aromatic nitrogens is 4. The molecule has 4 aliphatic heterocycles. The molecule has 1 atom stereocenters. The largest absolute Gasteiger partial charge is 0.494 e. The molecule has 4 aliphatic rings. The SMILES string of the molecule is CCc1cc(Nc2ncc(Cl)c(Nc3ccc4nccnc4c3N(C)S(C)(=O)=O)n2)c(OC)cc1N1CCC(N2CCN(C(=O)CNc3cccc4c3CN(C3CCC(=O)NC3=O)C4=O)CC2)CC1. The van der Waals surface area contributed by atoms with E-state index in [1.165, 1.54) is 30.5 Å². The minimum Gasteiger partial charge on any atom is -0.494 e. The predicted octanol–water partition coefficient (Wildman–Crippen LogP) is 4.51. The fraction of sp³-hybridized carbons (Fsp3) is 0.404. The summed E-state index contributed by atoms with van der Waals surface area (Å²) in [7, 11) is -0.612. The van der Waals surface area contributed by atoms with E-state index in [1.807, 2.05) is 17.0 Å². The zero-order chi connectivity index (χ0) is 48.6. The van der Waals surface area contributed by atoms with Gasteiger partial charge in [0.1, 0.15) is 28.0 Å². The van der Waals surface area contributed by atoms with Crippen LogP contribution >= 0.6 is 11.6 Å². The Bertz CT molecular complexity index is 2950. The molecule has 1 unspecified atom stereocenters. The number of piperidine rings is 2. The van der Waals surface area contributed by atoms with Gasteiger partial charge >= 0.3 is 0 Å². The molecule has 20 nitrogen and oxygen atoms in total. The average Bonchev–Trinajstić information content (AvgIpc) is 3.69. The third kappa shape index (κ3) is 9.75. The van der Waals surface area contributed by atoms with Crippen molar-refractivity contribution in [1.82, 2.24) is 40.0 Å². The van der Waals surface area contributed by atoms with Crippen LogP contribution in [0.15, 0.2) is 61.1 Å². The molecule has 3 saturated heterocycles. The van der Waals surface area contributed by atoms with E-state index < -0.39 is 22.0 Å². The van der Waals surface area contributed by atoms with Gasteiger partial charge in [0.2, 0.25) is 33.7 Å². The number of aryl methyl sites for hydroxylation is 1. The third-order valence-electron chi connectivity index (χ3n) is 13.5. The fourth-order valence-electron chi connectivity index (χ4n) is 9.67. The first-order valence-electron chi connectivity index (χ1n) is 22.9. The van der Waals surface area contributed by atoms with Crippen molar-refractivity contribution in [3.63, 3.8) is 0 Å². The molecule has 0 radical (unpaired) electrons. The molecule has 0 saturated carbocycles. The van der Waals surface area contributed by atoms with E-state index >= 15 is 0 Å². The minimum absolute atomic E-state index is 0.0163. The van der Waals surface area contributed by atoms with Gasteiger partial charge in [0.15, 0.2) is 5.82 Å². The molecule has 9 rings (SSSR count). The monoisotopic (exact) mass is 979 g/mol. The summed E-state index contributed by atoms with van der Waals surface area (Å²) in [6.07, 6.45) is 8.78. The lowest BCUT2D eigenvalue weighted by Gasteiger charge is -2.43. The summed E-state index contributed by atoms with van der Waals surface area (Å²) in [4.78, 5) is 77.2. The van der Waals surface area contributed by atoms with Gasteiger partial charge in [-0.1, -0.05) is 24.6 Å². The number of amides is 4. The summed E-state index contributed by atoms with van der Waals surface area (Å²) in [6, 6.07) is 12.6. The number of benzene rings is 3. The van der Waals surface area contributed by atoms with E-state index in [2.05, 4.69) is 64.0 Å². The number of hydrogen-bond acceptors (Lipinski definition) is 16. The number of ether oxygens (including phenoxy) is 1. The number of fused-ring (bicyclic) bond motifs is 2. The van der Waals surface area contributed by atoms with Crippen molar-refractivity contribution in [2.75, 3.05) is 91.4 Å². The van der Waals surface area contributed by atoms with Crippen LogP contribution in [-0.4, -0.2) is 145 Å². The maximum atomic E-state index is 13.5. The van der Waals surface area contributed by atoms with Gasteiger partial charge in [-0.3, -0.25) is 43.7 Å². The standard InChI is InChI=1S/C47H54ClN13O7S/c1-5-28-23-36(54-47-52-25-32(48)44(56-47)53-35-10-9-34-42(50-16-15-49-34)43(35)57(2)69(4,66)67)39(68-3)24-38(28)59-17-13-29(14-18-59)58-19-21-60(22-20-58)41(63)26-51-33-8-6-7-30-31(33)27-61(46(30)65)37-11-12-40(62)55-45(37)64/h6-10,15-16,23-25,29,37,51H,5,11-14,17-22,26-27H2,1-4H3,(H,55,62,64)(H2,52,53,54,56).